The van der Waals surface area contributed by atoms with Gasteiger partial charge >= 0.3 is 0 Å². The Bertz CT molecular complexity index is 798. The van der Waals surface area contributed by atoms with E-state index in [0.29, 0.717) is 11.5 Å². The molecule has 0 unspecified atom stereocenters. The predicted octanol–water partition coefficient (Wildman–Crippen LogP) is 7.64. The van der Waals surface area contributed by atoms with E-state index in [2.05, 4.69) is 43.9 Å². The maximum absolute atomic E-state index is 14.6. The van der Waals surface area contributed by atoms with E-state index in [1.165, 1.54) is 56.9 Å². The summed E-state index contributed by atoms with van der Waals surface area (Å²) in [5, 5.41) is 0. The summed E-state index contributed by atoms with van der Waals surface area (Å²) in [5.74, 6) is 7.35. The third kappa shape index (κ3) is 5.71. The topological polar surface area (TPSA) is 0 Å². The van der Waals surface area contributed by atoms with Gasteiger partial charge in [-0.25, -0.2) is 4.39 Å². The minimum atomic E-state index is -0.180. The molecule has 0 bridgehead atoms. The van der Waals surface area contributed by atoms with Gasteiger partial charge in [-0.2, -0.15) is 0 Å². The predicted molar refractivity (Wildman–Crippen MR) is 117 cm³/mol. The van der Waals surface area contributed by atoms with Crippen LogP contribution in [0.4, 0.5) is 4.39 Å². The van der Waals surface area contributed by atoms with Crippen LogP contribution in [-0.4, -0.2) is 0 Å². The maximum Gasteiger partial charge on any atom is 0.139 e. The molecule has 148 valence electrons. The molecule has 2 aromatic carbocycles. The first-order valence-electron chi connectivity index (χ1n) is 11.1. The van der Waals surface area contributed by atoms with Gasteiger partial charge in [0, 0.05) is 5.56 Å². The molecule has 0 amide bonds. The number of halogens is 1. The first-order chi connectivity index (χ1) is 13.7. The zero-order chi connectivity index (χ0) is 19.8. The number of hydrogen-bond donors (Lipinski definition) is 0. The molecule has 1 heteroatoms. The molecule has 0 aromatic heterocycles. The number of benzene rings is 2. The van der Waals surface area contributed by atoms with Gasteiger partial charge in [-0.15, -0.1) is 0 Å². The van der Waals surface area contributed by atoms with Crippen LogP contribution >= 0.6 is 0 Å². The van der Waals surface area contributed by atoms with E-state index in [1.807, 2.05) is 18.2 Å². The molecule has 0 nitrogen and oxygen atoms in total. The summed E-state index contributed by atoms with van der Waals surface area (Å²) in [4.78, 5) is 0. The zero-order valence-corrected chi connectivity index (χ0v) is 17.4. The van der Waals surface area contributed by atoms with Gasteiger partial charge < -0.3 is 0 Å². The smallest absolute Gasteiger partial charge is 0.139 e. The van der Waals surface area contributed by atoms with Crippen LogP contribution in [0.3, 0.4) is 0 Å². The SMILES string of the molecule is CCCCc1ccc(C#Cc2ccc(C3CCC(CCC)CC3)cc2F)cc1. The fourth-order valence-corrected chi connectivity index (χ4v) is 4.35. The van der Waals surface area contributed by atoms with Crippen LogP contribution < -0.4 is 0 Å². The minimum absolute atomic E-state index is 0.180. The average Bonchev–Trinajstić information content (AvgIpc) is 2.73. The molecule has 2 aromatic rings. The van der Waals surface area contributed by atoms with Crippen molar-refractivity contribution in [1.29, 1.82) is 0 Å². The number of hydrogen-bond acceptors (Lipinski definition) is 0. The first kappa shape index (κ1) is 20.7. The van der Waals surface area contributed by atoms with E-state index in [0.717, 1.165) is 23.5 Å². The van der Waals surface area contributed by atoms with Gasteiger partial charge in [-0.1, -0.05) is 63.1 Å². The minimum Gasteiger partial charge on any atom is -0.206 e. The van der Waals surface area contributed by atoms with Gasteiger partial charge in [-0.3, -0.25) is 0 Å². The van der Waals surface area contributed by atoms with Crippen molar-refractivity contribution in [2.75, 3.05) is 0 Å². The van der Waals surface area contributed by atoms with Crippen LogP contribution in [0.5, 0.6) is 0 Å². The largest absolute Gasteiger partial charge is 0.206 e. The van der Waals surface area contributed by atoms with Crippen molar-refractivity contribution in [2.24, 2.45) is 5.92 Å². The first-order valence-corrected chi connectivity index (χ1v) is 11.1. The second kappa shape index (κ2) is 10.5. The Hall–Kier alpha value is -2.07. The maximum atomic E-state index is 14.6. The summed E-state index contributed by atoms with van der Waals surface area (Å²) in [7, 11) is 0. The van der Waals surface area contributed by atoms with E-state index >= 15 is 0 Å². The molecule has 0 heterocycles. The van der Waals surface area contributed by atoms with Gasteiger partial charge in [-0.05, 0) is 85.8 Å². The lowest BCUT2D eigenvalue weighted by Crippen LogP contribution is -2.13. The van der Waals surface area contributed by atoms with Crippen molar-refractivity contribution in [3.05, 3.63) is 70.5 Å². The molecule has 0 N–H and O–H groups in total. The molecule has 1 aliphatic carbocycles. The molecular weight excluding hydrogens is 343 g/mol. The summed E-state index contributed by atoms with van der Waals surface area (Å²) >= 11 is 0. The Morgan fingerprint density at radius 1 is 0.893 bits per heavy atom. The highest BCUT2D eigenvalue weighted by atomic mass is 19.1. The molecule has 0 saturated heterocycles. The Labute approximate surface area is 170 Å². The Balaban J connectivity index is 1.63. The van der Waals surface area contributed by atoms with Crippen molar-refractivity contribution in [3.63, 3.8) is 0 Å². The Morgan fingerprint density at radius 3 is 2.29 bits per heavy atom. The third-order valence-electron chi connectivity index (χ3n) is 6.12. The quantitative estimate of drug-likeness (QED) is 0.454. The summed E-state index contributed by atoms with van der Waals surface area (Å²) in [6.07, 6.45) is 11.1. The normalized spacial score (nSPS) is 19.1. The standard InChI is InChI=1S/C27H33F/c1-3-5-7-22-8-10-23(11-9-22)14-17-25-18-19-26(20-27(25)28)24-15-12-21(6-4-2)13-16-24/h8-11,18-21,24H,3-7,12-13,15-16H2,1-2H3. The van der Waals surface area contributed by atoms with Gasteiger partial charge in [0.2, 0.25) is 0 Å². The molecule has 3 rings (SSSR count). The highest BCUT2D eigenvalue weighted by molar-refractivity contribution is 5.45. The highest BCUT2D eigenvalue weighted by Crippen LogP contribution is 2.37. The van der Waals surface area contributed by atoms with Crippen molar-refractivity contribution in [1.82, 2.24) is 0 Å². The van der Waals surface area contributed by atoms with Gasteiger partial charge in [0.15, 0.2) is 0 Å². The van der Waals surface area contributed by atoms with E-state index in [4.69, 9.17) is 0 Å². The van der Waals surface area contributed by atoms with E-state index < -0.39 is 0 Å². The third-order valence-corrected chi connectivity index (χ3v) is 6.12. The molecule has 0 spiro atoms. The number of rotatable bonds is 6. The molecule has 1 fully saturated rings. The summed E-state index contributed by atoms with van der Waals surface area (Å²) < 4.78 is 14.6. The zero-order valence-electron chi connectivity index (χ0n) is 17.4. The van der Waals surface area contributed by atoms with Crippen LogP contribution in [0.25, 0.3) is 0 Å². The van der Waals surface area contributed by atoms with Crippen molar-refractivity contribution in [3.8, 4) is 11.8 Å². The molecule has 0 atom stereocenters. The lowest BCUT2D eigenvalue weighted by Gasteiger charge is -2.28. The van der Waals surface area contributed by atoms with Crippen LogP contribution in [-0.2, 0) is 6.42 Å². The van der Waals surface area contributed by atoms with Crippen molar-refractivity contribution >= 4 is 0 Å². The lowest BCUT2D eigenvalue weighted by molar-refractivity contribution is 0.308. The van der Waals surface area contributed by atoms with Gasteiger partial charge in [0.1, 0.15) is 5.82 Å². The van der Waals surface area contributed by atoms with Gasteiger partial charge in [0.25, 0.3) is 0 Å². The molecule has 0 radical (unpaired) electrons. The molecule has 28 heavy (non-hydrogen) atoms. The fraction of sp³-hybridized carbons (Fsp3) is 0.481. The Morgan fingerprint density at radius 2 is 1.64 bits per heavy atom. The average molecular weight is 377 g/mol. The summed E-state index contributed by atoms with van der Waals surface area (Å²) in [6.45, 7) is 4.47. The van der Waals surface area contributed by atoms with Crippen LogP contribution in [0, 0.1) is 23.6 Å². The highest BCUT2D eigenvalue weighted by Gasteiger charge is 2.22. The van der Waals surface area contributed by atoms with E-state index in [9.17, 15) is 4.39 Å². The molecule has 0 aliphatic heterocycles. The summed E-state index contributed by atoms with van der Waals surface area (Å²) in [5.41, 5.74) is 3.94. The molecule has 1 saturated carbocycles. The van der Waals surface area contributed by atoms with Crippen LogP contribution in [0.15, 0.2) is 42.5 Å². The van der Waals surface area contributed by atoms with Crippen molar-refractivity contribution in [2.45, 2.75) is 77.6 Å². The van der Waals surface area contributed by atoms with Gasteiger partial charge in [0.05, 0.1) is 5.56 Å². The summed E-state index contributed by atoms with van der Waals surface area (Å²) in [6, 6.07) is 14.0. The van der Waals surface area contributed by atoms with E-state index in [-0.39, 0.29) is 5.82 Å². The van der Waals surface area contributed by atoms with E-state index in [1.54, 1.807) is 6.07 Å². The second-order valence-electron chi connectivity index (χ2n) is 8.30. The van der Waals surface area contributed by atoms with Crippen molar-refractivity contribution < 1.29 is 4.39 Å². The number of unbranched alkanes of at least 4 members (excludes halogenated alkanes) is 1. The molecule has 1 aliphatic rings. The van der Waals surface area contributed by atoms with Crippen LogP contribution in [0.2, 0.25) is 0 Å². The monoisotopic (exact) mass is 376 g/mol. The van der Waals surface area contributed by atoms with Crippen LogP contribution in [0.1, 0.15) is 93.4 Å². The fourth-order valence-electron chi connectivity index (χ4n) is 4.35. The Kier molecular flexibility index (Phi) is 7.72. The second-order valence-corrected chi connectivity index (χ2v) is 8.30. The molecular formula is C27H33F. The number of aryl methyl sites for hydroxylation is 1. The lowest BCUT2D eigenvalue weighted by atomic mass is 9.77.